The Balaban J connectivity index is 1.38. The van der Waals surface area contributed by atoms with E-state index in [1.165, 1.54) is 21.5 Å². The molecule has 6 heteroatoms. The number of benzene rings is 6. The molecule has 0 radical (unpaired) electrons. The van der Waals surface area contributed by atoms with Crippen LogP contribution in [0.5, 0.6) is 0 Å². The van der Waals surface area contributed by atoms with Gasteiger partial charge in [0.1, 0.15) is 0 Å². The molecule has 0 unspecified atom stereocenters. The highest BCUT2D eigenvalue weighted by Crippen LogP contribution is 2.36. The smallest absolute Gasteiger partial charge is 0.405 e. The van der Waals surface area contributed by atoms with Crippen molar-refractivity contribution in [3.63, 3.8) is 0 Å². The number of aromatic nitrogens is 3. The molecule has 204 valence electrons. The first kappa shape index (κ1) is 25.5. The maximum absolute atomic E-state index is 5.99. The molecule has 1 aliphatic rings. The largest absolute Gasteiger partial charge is 0.494 e. The van der Waals surface area contributed by atoms with Gasteiger partial charge in [0.25, 0.3) is 0 Å². The number of hydrogen-bond acceptors (Lipinski definition) is 5. The van der Waals surface area contributed by atoms with Crippen molar-refractivity contribution in [2.24, 2.45) is 0 Å². The molecule has 0 amide bonds. The fraction of sp³-hybridized carbons (Fsp3) is 0.0541. The van der Waals surface area contributed by atoms with Crippen molar-refractivity contribution < 1.29 is 9.31 Å². The summed E-state index contributed by atoms with van der Waals surface area (Å²) >= 11 is 0. The summed E-state index contributed by atoms with van der Waals surface area (Å²) in [6, 6.07) is 45.9. The maximum Gasteiger partial charge on any atom is 0.494 e. The summed E-state index contributed by atoms with van der Waals surface area (Å²) in [6.45, 7) is 1.12. The molecule has 5 nitrogen and oxygen atoms in total. The van der Waals surface area contributed by atoms with Gasteiger partial charge in [0, 0.05) is 16.7 Å². The quantitative estimate of drug-likeness (QED) is 0.162. The molecule has 0 spiro atoms. The van der Waals surface area contributed by atoms with E-state index in [9.17, 15) is 0 Å². The van der Waals surface area contributed by atoms with E-state index in [-0.39, 0.29) is 0 Å². The Morgan fingerprint density at radius 3 is 1.60 bits per heavy atom. The lowest BCUT2D eigenvalue weighted by atomic mass is 9.76. The number of nitrogens with zero attached hydrogens (tertiary/aromatic N) is 3. The van der Waals surface area contributed by atoms with E-state index in [0.29, 0.717) is 30.7 Å². The Kier molecular flexibility index (Phi) is 6.48. The predicted molar refractivity (Wildman–Crippen MR) is 174 cm³/mol. The molecule has 1 aliphatic heterocycles. The molecule has 7 aromatic rings. The average molecular weight is 555 g/mol. The minimum Gasteiger partial charge on any atom is -0.405 e. The molecule has 1 saturated heterocycles. The molecule has 8 rings (SSSR count). The van der Waals surface area contributed by atoms with E-state index in [1.807, 2.05) is 60.7 Å². The van der Waals surface area contributed by atoms with Crippen LogP contribution in [0.3, 0.4) is 0 Å². The van der Waals surface area contributed by atoms with Gasteiger partial charge >= 0.3 is 7.12 Å². The number of fused-ring (bicyclic) bond motifs is 3. The van der Waals surface area contributed by atoms with Crippen LogP contribution in [0, 0.1) is 0 Å². The highest BCUT2D eigenvalue weighted by Gasteiger charge is 2.28. The van der Waals surface area contributed by atoms with Crippen LogP contribution in [0.4, 0.5) is 0 Å². The molecule has 1 aromatic heterocycles. The summed E-state index contributed by atoms with van der Waals surface area (Å²) in [5.74, 6) is 1.85. The third-order valence-corrected chi connectivity index (χ3v) is 7.89. The molecule has 0 aliphatic carbocycles. The Labute approximate surface area is 250 Å². The second-order valence-electron chi connectivity index (χ2n) is 10.6. The van der Waals surface area contributed by atoms with Gasteiger partial charge in [-0.15, -0.1) is 0 Å². The topological polar surface area (TPSA) is 57.1 Å². The van der Waals surface area contributed by atoms with Gasteiger partial charge in [-0.25, -0.2) is 15.0 Å². The van der Waals surface area contributed by atoms with E-state index >= 15 is 0 Å². The second-order valence-corrected chi connectivity index (χ2v) is 10.6. The van der Waals surface area contributed by atoms with Crippen LogP contribution < -0.4 is 5.46 Å². The summed E-state index contributed by atoms with van der Waals surface area (Å²) in [6.07, 6.45) is 0. The zero-order valence-electron chi connectivity index (χ0n) is 23.4. The van der Waals surface area contributed by atoms with Gasteiger partial charge in [-0.05, 0) is 50.3 Å². The lowest BCUT2D eigenvalue weighted by Gasteiger charge is -2.15. The van der Waals surface area contributed by atoms with Crippen molar-refractivity contribution in [3.05, 3.63) is 133 Å². The van der Waals surface area contributed by atoms with Crippen LogP contribution in [0.2, 0.25) is 0 Å². The van der Waals surface area contributed by atoms with E-state index in [2.05, 4.69) is 72.8 Å². The van der Waals surface area contributed by atoms with E-state index in [4.69, 9.17) is 24.3 Å². The lowest BCUT2D eigenvalue weighted by molar-refractivity contribution is 0.365. The Bertz CT molecular complexity index is 2040. The van der Waals surface area contributed by atoms with Gasteiger partial charge < -0.3 is 9.31 Å². The monoisotopic (exact) mass is 555 g/mol. The first-order chi connectivity index (χ1) is 21.3. The van der Waals surface area contributed by atoms with Crippen LogP contribution in [-0.4, -0.2) is 35.3 Å². The van der Waals surface area contributed by atoms with Crippen molar-refractivity contribution in [2.75, 3.05) is 13.2 Å². The second kappa shape index (κ2) is 10.9. The Morgan fingerprint density at radius 2 is 0.953 bits per heavy atom. The molecule has 0 bridgehead atoms. The zero-order valence-corrected chi connectivity index (χ0v) is 23.4. The summed E-state index contributed by atoms with van der Waals surface area (Å²) < 4.78 is 12.0. The molecular weight excluding hydrogens is 529 g/mol. The average Bonchev–Trinajstić information content (AvgIpc) is 3.64. The predicted octanol–water partition coefficient (Wildman–Crippen LogP) is 7.59. The first-order valence-corrected chi connectivity index (χ1v) is 14.5. The van der Waals surface area contributed by atoms with E-state index in [0.717, 1.165) is 33.3 Å². The van der Waals surface area contributed by atoms with Gasteiger partial charge in [0.15, 0.2) is 17.5 Å². The lowest BCUT2D eigenvalue weighted by Crippen LogP contribution is -2.32. The Hall–Kier alpha value is -5.17. The van der Waals surface area contributed by atoms with Crippen LogP contribution in [-0.2, 0) is 9.31 Å². The third-order valence-electron chi connectivity index (χ3n) is 7.89. The van der Waals surface area contributed by atoms with Gasteiger partial charge in [0.2, 0.25) is 0 Å². The van der Waals surface area contributed by atoms with Gasteiger partial charge in [0.05, 0.1) is 13.2 Å². The highest BCUT2D eigenvalue weighted by molar-refractivity contribution is 6.62. The first-order valence-electron chi connectivity index (χ1n) is 14.5. The van der Waals surface area contributed by atoms with Gasteiger partial charge in [-0.3, -0.25) is 0 Å². The molecule has 0 saturated carbocycles. The van der Waals surface area contributed by atoms with E-state index in [1.54, 1.807) is 0 Å². The number of rotatable bonds is 5. The standard InChI is InChI=1S/C37H26BN3O2/c1-3-11-25(12-4-1)35-39-36(26-13-5-2-6-14-26)41-37(40-35)29-21-28(22-30(23-29)38-42-19-20-43-38)34-24-27-15-7-8-16-31(27)32-17-9-10-18-33(32)34/h1-18,21-24H,19-20H2. The Morgan fingerprint density at radius 1 is 0.442 bits per heavy atom. The summed E-state index contributed by atoms with van der Waals surface area (Å²) in [5.41, 5.74) is 5.86. The molecule has 2 heterocycles. The van der Waals surface area contributed by atoms with Crippen molar-refractivity contribution in [1.29, 1.82) is 0 Å². The van der Waals surface area contributed by atoms with Gasteiger partial charge in [-0.1, -0.05) is 121 Å². The molecule has 0 N–H and O–H groups in total. The summed E-state index contributed by atoms with van der Waals surface area (Å²) in [5, 5.41) is 4.82. The van der Waals surface area contributed by atoms with Crippen LogP contribution >= 0.6 is 0 Å². The maximum atomic E-state index is 5.99. The summed E-state index contributed by atoms with van der Waals surface area (Å²) in [7, 11) is -0.450. The third kappa shape index (κ3) is 4.87. The molecule has 6 aromatic carbocycles. The molecular formula is C37H26BN3O2. The molecule has 43 heavy (non-hydrogen) atoms. The minimum absolute atomic E-state index is 0.450. The van der Waals surface area contributed by atoms with Crippen molar-refractivity contribution >= 4 is 34.1 Å². The van der Waals surface area contributed by atoms with Crippen molar-refractivity contribution in [1.82, 2.24) is 15.0 Å². The fourth-order valence-corrected chi connectivity index (χ4v) is 5.85. The minimum atomic E-state index is -0.450. The van der Waals surface area contributed by atoms with Crippen LogP contribution in [0.15, 0.2) is 133 Å². The normalized spacial score (nSPS) is 13.2. The fourth-order valence-electron chi connectivity index (χ4n) is 5.85. The zero-order chi connectivity index (χ0) is 28.6. The van der Waals surface area contributed by atoms with Crippen LogP contribution in [0.25, 0.3) is 66.8 Å². The van der Waals surface area contributed by atoms with Crippen molar-refractivity contribution in [2.45, 2.75) is 0 Å². The highest BCUT2D eigenvalue weighted by atomic mass is 16.6. The van der Waals surface area contributed by atoms with Crippen LogP contribution in [0.1, 0.15) is 0 Å². The SMILES string of the molecule is c1ccc(-c2nc(-c3ccccc3)nc(-c3cc(B4OCCO4)cc(-c4cc5ccccc5c5ccccc45)c3)n2)cc1. The van der Waals surface area contributed by atoms with Crippen molar-refractivity contribution in [3.8, 4) is 45.3 Å². The van der Waals surface area contributed by atoms with Gasteiger partial charge in [-0.2, -0.15) is 0 Å². The number of hydrogen-bond donors (Lipinski definition) is 0. The molecule has 1 fully saturated rings. The summed E-state index contributed by atoms with van der Waals surface area (Å²) in [4.78, 5) is 14.9. The molecule has 0 atom stereocenters. The van der Waals surface area contributed by atoms with E-state index < -0.39 is 7.12 Å².